The molecule has 1 aliphatic rings. The summed E-state index contributed by atoms with van der Waals surface area (Å²) in [5.74, 6) is -1.03. The van der Waals surface area contributed by atoms with Gasteiger partial charge in [-0.25, -0.2) is 9.59 Å². The molecule has 0 aromatic rings. The molecule has 2 unspecified atom stereocenters. The molecule has 18 heavy (non-hydrogen) atoms. The fourth-order valence-corrected chi connectivity index (χ4v) is 2.19. The van der Waals surface area contributed by atoms with E-state index in [1.54, 1.807) is 0 Å². The number of carboxylic acid groups (broad SMARTS) is 1. The Bertz CT molecular complexity index is 296. The number of nitrogens with one attached hydrogen (secondary N) is 2. The summed E-state index contributed by atoms with van der Waals surface area (Å²) in [5, 5.41) is 23.7. The van der Waals surface area contributed by atoms with Gasteiger partial charge in [-0.1, -0.05) is 26.2 Å². The second-order valence-electron chi connectivity index (χ2n) is 4.76. The molecule has 6 nitrogen and oxygen atoms in total. The molecule has 1 fully saturated rings. The van der Waals surface area contributed by atoms with Crippen LogP contribution in [0.3, 0.4) is 0 Å². The zero-order chi connectivity index (χ0) is 13.5. The van der Waals surface area contributed by atoms with E-state index < -0.39 is 24.1 Å². The molecule has 0 heterocycles. The van der Waals surface area contributed by atoms with Gasteiger partial charge in [0.25, 0.3) is 0 Å². The molecule has 2 amide bonds. The molecule has 6 heteroatoms. The summed E-state index contributed by atoms with van der Waals surface area (Å²) in [6.07, 6.45) is 3.91. The molecule has 104 valence electrons. The highest BCUT2D eigenvalue weighted by Gasteiger charge is 2.26. The molecular weight excluding hydrogens is 236 g/mol. The number of aliphatic hydroxyl groups excluding tert-OH is 1. The van der Waals surface area contributed by atoms with Crippen molar-refractivity contribution in [2.24, 2.45) is 0 Å². The average molecular weight is 258 g/mol. The maximum Gasteiger partial charge on any atom is 0.326 e. The molecule has 1 rings (SSSR count). The third kappa shape index (κ3) is 4.52. The van der Waals surface area contributed by atoms with E-state index in [2.05, 4.69) is 10.6 Å². The van der Waals surface area contributed by atoms with Gasteiger partial charge in [0.2, 0.25) is 0 Å². The summed E-state index contributed by atoms with van der Waals surface area (Å²) in [6.45, 7) is 1.86. The lowest BCUT2D eigenvalue weighted by Gasteiger charge is -2.28. The lowest BCUT2D eigenvalue weighted by Crippen LogP contribution is -2.52. The van der Waals surface area contributed by atoms with Crippen LogP contribution in [0.1, 0.15) is 45.4 Å². The third-order valence-corrected chi connectivity index (χ3v) is 3.23. The molecule has 1 aliphatic carbocycles. The molecule has 0 spiro atoms. The minimum Gasteiger partial charge on any atom is -0.480 e. The first-order valence-electron chi connectivity index (χ1n) is 6.52. The Labute approximate surface area is 107 Å². The molecule has 0 aromatic carbocycles. The number of hydrogen-bond acceptors (Lipinski definition) is 3. The second kappa shape index (κ2) is 7.20. The zero-order valence-electron chi connectivity index (χ0n) is 10.7. The highest BCUT2D eigenvalue weighted by Crippen LogP contribution is 2.18. The minimum absolute atomic E-state index is 0.269. The number of carbonyl (C=O) groups excluding carboxylic acids is 1. The van der Waals surface area contributed by atoms with E-state index in [1.807, 2.05) is 6.92 Å². The summed E-state index contributed by atoms with van der Waals surface area (Å²) in [7, 11) is 0. The van der Waals surface area contributed by atoms with Crippen molar-refractivity contribution >= 4 is 12.0 Å². The van der Waals surface area contributed by atoms with Crippen molar-refractivity contribution in [3.8, 4) is 0 Å². The van der Waals surface area contributed by atoms with Crippen molar-refractivity contribution < 1.29 is 19.8 Å². The molecule has 0 aliphatic heterocycles. The molecule has 0 radical (unpaired) electrons. The summed E-state index contributed by atoms with van der Waals surface area (Å²) >= 11 is 0. The lowest BCUT2D eigenvalue weighted by molar-refractivity contribution is -0.139. The van der Waals surface area contributed by atoms with Gasteiger partial charge in [0.05, 0.1) is 12.1 Å². The fraction of sp³-hybridized carbons (Fsp3) is 0.833. The maximum atomic E-state index is 11.6. The lowest BCUT2D eigenvalue weighted by atomic mass is 9.93. The van der Waals surface area contributed by atoms with Crippen LogP contribution in [-0.4, -0.2) is 40.4 Å². The van der Waals surface area contributed by atoms with Crippen molar-refractivity contribution in [1.82, 2.24) is 10.6 Å². The molecule has 3 atom stereocenters. The molecular formula is C12H22N2O4. The van der Waals surface area contributed by atoms with Gasteiger partial charge in [-0.15, -0.1) is 0 Å². The Morgan fingerprint density at radius 1 is 1.33 bits per heavy atom. The van der Waals surface area contributed by atoms with Gasteiger partial charge in [0.15, 0.2) is 0 Å². The second-order valence-corrected chi connectivity index (χ2v) is 4.76. The predicted molar refractivity (Wildman–Crippen MR) is 66.3 cm³/mol. The van der Waals surface area contributed by atoms with Crippen LogP contribution in [0.25, 0.3) is 0 Å². The van der Waals surface area contributed by atoms with E-state index >= 15 is 0 Å². The van der Waals surface area contributed by atoms with Gasteiger partial charge in [-0.05, 0) is 19.3 Å². The highest BCUT2D eigenvalue weighted by molar-refractivity contribution is 5.82. The first-order valence-corrected chi connectivity index (χ1v) is 6.52. The van der Waals surface area contributed by atoms with E-state index in [0.717, 1.165) is 19.3 Å². The van der Waals surface area contributed by atoms with Gasteiger partial charge in [0.1, 0.15) is 6.04 Å². The monoisotopic (exact) mass is 258 g/mol. The summed E-state index contributed by atoms with van der Waals surface area (Å²) in [6, 6.07) is -1.65. The van der Waals surface area contributed by atoms with E-state index in [1.165, 1.54) is 0 Å². The van der Waals surface area contributed by atoms with Crippen LogP contribution in [0.15, 0.2) is 0 Å². The quantitative estimate of drug-likeness (QED) is 0.587. The number of aliphatic carboxylic acids is 1. The molecule has 0 saturated heterocycles. The topological polar surface area (TPSA) is 98.7 Å². The zero-order valence-corrected chi connectivity index (χ0v) is 10.7. The number of carboxylic acids is 1. The van der Waals surface area contributed by atoms with Crippen LogP contribution in [0.5, 0.6) is 0 Å². The first kappa shape index (κ1) is 14.8. The Balaban J connectivity index is 2.41. The van der Waals surface area contributed by atoms with Gasteiger partial charge in [0, 0.05) is 0 Å². The van der Waals surface area contributed by atoms with E-state index in [0.29, 0.717) is 19.3 Å². The smallest absolute Gasteiger partial charge is 0.326 e. The Hall–Kier alpha value is -1.30. The molecule has 1 saturated carbocycles. The van der Waals surface area contributed by atoms with E-state index in [4.69, 9.17) is 5.11 Å². The number of hydrogen-bond donors (Lipinski definition) is 4. The maximum absolute atomic E-state index is 11.6. The Morgan fingerprint density at radius 2 is 2.00 bits per heavy atom. The van der Waals surface area contributed by atoms with E-state index in [-0.39, 0.29) is 6.04 Å². The Kier molecular flexibility index (Phi) is 5.91. The van der Waals surface area contributed by atoms with Crippen LogP contribution in [0.4, 0.5) is 4.79 Å². The average Bonchev–Trinajstić information content (AvgIpc) is 2.31. The third-order valence-electron chi connectivity index (χ3n) is 3.23. The molecule has 0 aromatic heterocycles. The van der Waals surface area contributed by atoms with Gasteiger partial charge < -0.3 is 20.8 Å². The normalized spacial score (nSPS) is 25.2. The van der Waals surface area contributed by atoms with Crippen molar-refractivity contribution in [1.29, 1.82) is 0 Å². The van der Waals surface area contributed by atoms with Crippen molar-refractivity contribution in [2.75, 3.05) is 0 Å². The number of rotatable bonds is 5. The van der Waals surface area contributed by atoms with Crippen LogP contribution >= 0.6 is 0 Å². The van der Waals surface area contributed by atoms with Crippen molar-refractivity contribution in [3.63, 3.8) is 0 Å². The molecule has 0 bridgehead atoms. The number of urea groups is 1. The van der Waals surface area contributed by atoms with Crippen LogP contribution in [-0.2, 0) is 4.79 Å². The largest absolute Gasteiger partial charge is 0.480 e. The van der Waals surface area contributed by atoms with Crippen LogP contribution in [0, 0.1) is 0 Å². The van der Waals surface area contributed by atoms with E-state index in [9.17, 15) is 14.7 Å². The highest BCUT2D eigenvalue weighted by atomic mass is 16.4. The van der Waals surface area contributed by atoms with Gasteiger partial charge >= 0.3 is 12.0 Å². The first-order chi connectivity index (χ1) is 8.54. The minimum atomic E-state index is -1.03. The predicted octanol–water partition coefficient (Wildman–Crippen LogP) is 0.842. The summed E-state index contributed by atoms with van der Waals surface area (Å²) in [5.41, 5.74) is 0. The Morgan fingerprint density at radius 3 is 2.56 bits per heavy atom. The van der Waals surface area contributed by atoms with Gasteiger partial charge in [-0.3, -0.25) is 0 Å². The number of amides is 2. The molecule has 4 N–H and O–H groups in total. The standard InChI is InChI=1S/C12H22N2O4/c1-2-5-9(11(16)17)14-12(18)13-8-6-3-4-7-10(8)15/h8-10,15H,2-7H2,1H3,(H,16,17)(H2,13,14,18)/t8?,9-,10?/m1/s1. The summed E-state index contributed by atoms with van der Waals surface area (Å²) < 4.78 is 0. The fourth-order valence-electron chi connectivity index (χ4n) is 2.19. The van der Waals surface area contributed by atoms with Crippen LogP contribution in [0.2, 0.25) is 0 Å². The van der Waals surface area contributed by atoms with Crippen LogP contribution < -0.4 is 10.6 Å². The SMILES string of the molecule is CCC[C@@H](NC(=O)NC1CCCCC1O)C(=O)O. The van der Waals surface area contributed by atoms with Crippen molar-refractivity contribution in [2.45, 2.75) is 63.6 Å². The number of carbonyl (C=O) groups is 2. The summed E-state index contributed by atoms with van der Waals surface area (Å²) in [4.78, 5) is 22.5. The van der Waals surface area contributed by atoms with Crippen molar-refractivity contribution in [3.05, 3.63) is 0 Å². The number of aliphatic hydroxyl groups is 1. The van der Waals surface area contributed by atoms with Gasteiger partial charge in [-0.2, -0.15) is 0 Å².